The van der Waals surface area contributed by atoms with Crippen molar-refractivity contribution in [1.29, 1.82) is 0 Å². The summed E-state index contributed by atoms with van der Waals surface area (Å²) in [6.07, 6.45) is 2.89. The van der Waals surface area contributed by atoms with Crippen LogP contribution in [0.15, 0.2) is 104 Å². The number of hydrogen-bond acceptors (Lipinski definition) is 2. The van der Waals surface area contributed by atoms with Gasteiger partial charge in [-0.25, -0.2) is 0 Å². The molecule has 0 heterocycles. The van der Waals surface area contributed by atoms with Gasteiger partial charge in [-0.3, -0.25) is 0 Å². The highest BCUT2D eigenvalue weighted by Gasteiger charge is 2.25. The summed E-state index contributed by atoms with van der Waals surface area (Å²) in [5, 5.41) is 7.74. The van der Waals surface area contributed by atoms with E-state index in [9.17, 15) is 0 Å². The van der Waals surface area contributed by atoms with Gasteiger partial charge in [-0.05, 0) is 37.0 Å². The summed E-state index contributed by atoms with van der Waals surface area (Å²) < 4.78 is 0. The maximum Gasteiger partial charge on any atom is 0.0483 e. The van der Waals surface area contributed by atoms with Gasteiger partial charge >= 0.3 is 0 Å². The first-order valence-corrected chi connectivity index (χ1v) is 10.5. The number of nitrogens with one attached hydrogen (secondary N) is 2. The Bertz CT molecular complexity index is 845. The minimum absolute atomic E-state index is 0.163. The molecule has 3 aromatic carbocycles. The van der Waals surface area contributed by atoms with Crippen molar-refractivity contribution >= 4 is 0 Å². The fourth-order valence-corrected chi connectivity index (χ4v) is 3.85. The van der Waals surface area contributed by atoms with Crippen LogP contribution in [0.5, 0.6) is 0 Å². The molecule has 0 aliphatic rings. The van der Waals surface area contributed by atoms with Gasteiger partial charge in [0.1, 0.15) is 0 Å². The van der Waals surface area contributed by atoms with Crippen LogP contribution in [0.2, 0.25) is 0 Å². The maximum absolute atomic E-state index is 4.03. The quantitative estimate of drug-likeness (QED) is 0.397. The van der Waals surface area contributed by atoms with Gasteiger partial charge in [-0.1, -0.05) is 97.1 Å². The highest BCUT2D eigenvalue weighted by molar-refractivity contribution is 5.25. The summed E-state index contributed by atoms with van der Waals surface area (Å²) >= 11 is 0. The lowest BCUT2D eigenvalue weighted by molar-refractivity contribution is 0.328. The van der Waals surface area contributed by atoms with Crippen LogP contribution in [0.25, 0.3) is 0 Å². The van der Waals surface area contributed by atoms with E-state index in [-0.39, 0.29) is 24.2 Å². The van der Waals surface area contributed by atoms with E-state index in [1.54, 1.807) is 0 Å². The Balaban J connectivity index is 1.86. The highest BCUT2D eigenvalue weighted by Crippen LogP contribution is 2.26. The number of rotatable bonds is 10. The molecule has 0 saturated heterocycles. The lowest BCUT2D eigenvalue weighted by Crippen LogP contribution is -2.43. The third kappa shape index (κ3) is 5.90. The third-order valence-electron chi connectivity index (χ3n) is 5.47. The normalized spacial score (nSPS) is 15.2. The number of benzene rings is 3. The molecule has 0 fully saturated rings. The molecule has 0 bridgehead atoms. The second-order valence-electron chi connectivity index (χ2n) is 7.62. The molecular formula is C27H32N2. The van der Waals surface area contributed by atoms with Crippen LogP contribution in [0, 0.1) is 0 Å². The maximum atomic E-state index is 4.03. The van der Waals surface area contributed by atoms with E-state index in [1.165, 1.54) is 16.7 Å². The highest BCUT2D eigenvalue weighted by atomic mass is 15.1. The molecule has 0 amide bonds. The van der Waals surface area contributed by atoms with E-state index in [0.717, 1.165) is 6.42 Å². The SMILES string of the molecule is C=CC[C@@H](N[C@@H](C)c1ccccc1)[C@H](N[C@@H](C)c1ccccc1)c1ccccc1. The molecule has 2 N–H and O–H groups in total. The molecule has 0 aliphatic carbocycles. The summed E-state index contributed by atoms with van der Waals surface area (Å²) in [5.74, 6) is 0. The Labute approximate surface area is 175 Å². The second-order valence-corrected chi connectivity index (χ2v) is 7.62. The van der Waals surface area contributed by atoms with Crippen molar-refractivity contribution < 1.29 is 0 Å². The first-order valence-electron chi connectivity index (χ1n) is 10.5. The Kier molecular flexibility index (Phi) is 7.80. The smallest absolute Gasteiger partial charge is 0.0483 e. The largest absolute Gasteiger partial charge is 0.305 e. The molecule has 4 atom stereocenters. The zero-order valence-electron chi connectivity index (χ0n) is 17.5. The Morgan fingerprint density at radius 2 is 1.07 bits per heavy atom. The minimum atomic E-state index is 0.163. The van der Waals surface area contributed by atoms with Crippen molar-refractivity contribution in [3.63, 3.8) is 0 Å². The summed E-state index contributed by atoms with van der Waals surface area (Å²) in [4.78, 5) is 0. The van der Waals surface area contributed by atoms with Gasteiger partial charge in [0.05, 0.1) is 0 Å². The van der Waals surface area contributed by atoms with Gasteiger partial charge in [0.25, 0.3) is 0 Å². The standard InChI is InChI=1S/C27H32N2/c1-4-14-26(28-21(2)23-15-8-5-9-16-23)27(25-19-12-7-13-20-25)29-22(3)24-17-10-6-11-18-24/h4-13,15-22,26-29H,1,14H2,2-3H3/t21-,22-,26+,27+/m0/s1. The lowest BCUT2D eigenvalue weighted by Gasteiger charge is -2.34. The van der Waals surface area contributed by atoms with E-state index >= 15 is 0 Å². The van der Waals surface area contributed by atoms with E-state index in [4.69, 9.17) is 0 Å². The van der Waals surface area contributed by atoms with E-state index < -0.39 is 0 Å². The van der Waals surface area contributed by atoms with Gasteiger partial charge in [0.2, 0.25) is 0 Å². The van der Waals surface area contributed by atoms with Gasteiger partial charge in [0, 0.05) is 24.2 Å². The average molecular weight is 385 g/mol. The van der Waals surface area contributed by atoms with Crippen molar-refractivity contribution in [3.8, 4) is 0 Å². The van der Waals surface area contributed by atoms with Crippen molar-refractivity contribution in [2.24, 2.45) is 0 Å². The Hall–Kier alpha value is -2.68. The molecule has 0 aliphatic heterocycles. The molecule has 3 rings (SSSR count). The van der Waals surface area contributed by atoms with Crippen molar-refractivity contribution in [1.82, 2.24) is 10.6 Å². The summed E-state index contributed by atoms with van der Waals surface area (Å²) in [7, 11) is 0. The predicted molar refractivity (Wildman–Crippen MR) is 124 cm³/mol. The molecule has 0 saturated carbocycles. The van der Waals surface area contributed by atoms with Gasteiger partial charge in [0.15, 0.2) is 0 Å². The molecule has 3 aromatic rings. The minimum Gasteiger partial charge on any atom is -0.305 e. The molecular weight excluding hydrogens is 352 g/mol. The van der Waals surface area contributed by atoms with E-state index in [1.807, 2.05) is 6.08 Å². The van der Waals surface area contributed by atoms with Crippen molar-refractivity contribution in [2.75, 3.05) is 0 Å². The molecule has 2 nitrogen and oxygen atoms in total. The van der Waals surface area contributed by atoms with Crippen LogP contribution in [0.1, 0.15) is 55.1 Å². The van der Waals surface area contributed by atoms with Crippen molar-refractivity contribution in [3.05, 3.63) is 120 Å². The van der Waals surface area contributed by atoms with Crippen molar-refractivity contribution in [2.45, 2.75) is 44.4 Å². The molecule has 150 valence electrons. The lowest BCUT2D eigenvalue weighted by atomic mass is 9.93. The first-order chi connectivity index (χ1) is 14.2. The van der Waals surface area contributed by atoms with Crippen LogP contribution < -0.4 is 10.6 Å². The summed E-state index contributed by atoms with van der Waals surface area (Å²) in [6, 6.07) is 32.8. The molecule has 0 radical (unpaired) electrons. The summed E-state index contributed by atoms with van der Waals surface area (Å²) in [5.41, 5.74) is 3.88. The number of hydrogen-bond donors (Lipinski definition) is 2. The van der Waals surface area contributed by atoms with Crippen LogP contribution >= 0.6 is 0 Å². The monoisotopic (exact) mass is 384 g/mol. The topological polar surface area (TPSA) is 24.1 Å². The zero-order chi connectivity index (χ0) is 20.5. The zero-order valence-corrected chi connectivity index (χ0v) is 17.5. The van der Waals surface area contributed by atoms with Gasteiger partial charge in [-0.15, -0.1) is 6.58 Å². The summed E-state index contributed by atoms with van der Waals surface area (Å²) in [6.45, 7) is 8.49. The third-order valence-corrected chi connectivity index (χ3v) is 5.47. The first kappa shape index (κ1) is 21.0. The molecule has 0 aromatic heterocycles. The van der Waals surface area contributed by atoms with Gasteiger partial charge in [-0.2, -0.15) is 0 Å². The molecule has 2 heteroatoms. The molecule has 29 heavy (non-hydrogen) atoms. The van der Waals surface area contributed by atoms with Crippen LogP contribution in [0.4, 0.5) is 0 Å². The Morgan fingerprint density at radius 3 is 1.52 bits per heavy atom. The fourth-order valence-electron chi connectivity index (χ4n) is 3.85. The fraction of sp³-hybridized carbons (Fsp3) is 0.259. The Morgan fingerprint density at radius 1 is 0.655 bits per heavy atom. The van der Waals surface area contributed by atoms with Crippen LogP contribution in [0.3, 0.4) is 0 Å². The molecule has 0 unspecified atom stereocenters. The van der Waals surface area contributed by atoms with Crippen LogP contribution in [-0.4, -0.2) is 6.04 Å². The second kappa shape index (κ2) is 10.8. The van der Waals surface area contributed by atoms with E-state index in [2.05, 4.69) is 122 Å². The van der Waals surface area contributed by atoms with E-state index in [0.29, 0.717) is 0 Å². The average Bonchev–Trinajstić information content (AvgIpc) is 2.79. The molecule has 0 spiro atoms. The predicted octanol–water partition coefficient (Wildman–Crippen LogP) is 6.37. The van der Waals surface area contributed by atoms with Gasteiger partial charge < -0.3 is 10.6 Å². The van der Waals surface area contributed by atoms with Crippen LogP contribution in [-0.2, 0) is 0 Å².